The van der Waals surface area contributed by atoms with Gasteiger partial charge in [0.2, 0.25) is 0 Å². The number of phenolic OH excluding ortho intramolecular Hbond substituents is 1. The van der Waals surface area contributed by atoms with Crippen molar-refractivity contribution in [1.29, 1.82) is 0 Å². The number of hydrogen-bond acceptors (Lipinski definition) is 4. The largest absolute Gasteiger partial charge is 0.508 e. The van der Waals surface area contributed by atoms with E-state index in [9.17, 15) is 9.90 Å². The lowest BCUT2D eigenvalue weighted by Gasteiger charge is -2.45. The molecule has 28 heavy (non-hydrogen) atoms. The molecule has 6 nitrogen and oxygen atoms in total. The Balaban J connectivity index is 1.47. The number of nitrogens with zero attached hydrogens (tertiary/aromatic N) is 2. The van der Waals surface area contributed by atoms with Crippen molar-refractivity contribution in [3.05, 3.63) is 29.8 Å². The molecule has 0 radical (unpaired) electrons. The highest BCUT2D eigenvalue weighted by molar-refractivity contribution is 5.74. The van der Waals surface area contributed by atoms with Crippen molar-refractivity contribution in [2.45, 2.75) is 64.2 Å². The quantitative estimate of drug-likeness (QED) is 0.830. The highest BCUT2D eigenvalue weighted by Gasteiger charge is 2.34. The van der Waals surface area contributed by atoms with E-state index >= 15 is 0 Å². The lowest BCUT2D eigenvalue weighted by molar-refractivity contribution is -0.0948. The number of carbonyl (C=O) groups is 1. The van der Waals surface area contributed by atoms with Crippen molar-refractivity contribution in [1.82, 2.24) is 15.1 Å². The molecule has 0 bridgehead atoms. The lowest BCUT2D eigenvalue weighted by Crippen LogP contribution is -2.59. The van der Waals surface area contributed by atoms with Gasteiger partial charge in [-0.2, -0.15) is 0 Å². The molecule has 1 aromatic carbocycles. The SMILES string of the molecule is CC1CN(C(C)(C)CNC(=O)N2CCC(c3ccc(O)cc3)CC2)CC(C)O1. The van der Waals surface area contributed by atoms with Crippen molar-refractivity contribution in [3.8, 4) is 5.75 Å². The maximum Gasteiger partial charge on any atom is 0.317 e. The summed E-state index contributed by atoms with van der Waals surface area (Å²) in [5, 5.41) is 12.6. The van der Waals surface area contributed by atoms with Crippen LogP contribution < -0.4 is 5.32 Å². The Kier molecular flexibility index (Phi) is 6.50. The molecule has 2 fully saturated rings. The van der Waals surface area contributed by atoms with Crippen LogP contribution in [-0.2, 0) is 4.74 Å². The summed E-state index contributed by atoms with van der Waals surface area (Å²) in [6, 6.07) is 7.49. The molecule has 0 aliphatic carbocycles. The Morgan fingerprint density at radius 3 is 2.29 bits per heavy atom. The van der Waals surface area contributed by atoms with Crippen LogP contribution in [0.4, 0.5) is 4.79 Å². The van der Waals surface area contributed by atoms with Crippen molar-refractivity contribution >= 4 is 6.03 Å². The van der Waals surface area contributed by atoms with E-state index in [0.717, 1.165) is 39.0 Å². The Labute approximate surface area is 168 Å². The van der Waals surface area contributed by atoms with Gasteiger partial charge in [0.1, 0.15) is 5.75 Å². The summed E-state index contributed by atoms with van der Waals surface area (Å²) < 4.78 is 5.83. The van der Waals surface area contributed by atoms with Crippen LogP contribution in [-0.4, -0.2) is 71.4 Å². The van der Waals surface area contributed by atoms with Gasteiger partial charge in [0, 0.05) is 38.3 Å². The molecular formula is C22H35N3O3. The molecule has 2 aliphatic heterocycles. The number of amides is 2. The molecule has 1 aromatic rings. The van der Waals surface area contributed by atoms with Gasteiger partial charge in [-0.1, -0.05) is 12.1 Å². The van der Waals surface area contributed by atoms with E-state index in [-0.39, 0.29) is 23.8 Å². The highest BCUT2D eigenvalue weighted by atomic mass is 16.5. The number of benzene rings is 1. The number of morpholine rings is 1. The molecule has 2 atom stereocenters. The number of urea groups is 1. The van der Waals surface area contributed by atoms with Crippen LogP contribution in [0.2, 0.25) is 0 Å². The summed E-state index contributed by atoms with van der Waals surface area (Å²) in [5.74, 6) is 0.754. The van der Waals surface area contributed by atoms with Gasteiger partial charge in [0.25, 0.3) is 0 Å². The van der Waals surface area contributed by atoms with Gasteiger partial charge in [-0.15, -0.1) is 0 Å². The topological polar surface area (TPSA) is 65.0 Å². The van der Waals surface area contributed by atoms with E-state index in [0.29, 0.717) is 18.2 Å². The molecule has 3 rings (SSSR count). The molecule has 2 unspecified atom stereocenters. The molecule has 2 amide bonds. The van der Waals surface area contributed by atoms with Crippen LogP contribution in [0.25, 0.3) is 0 Å². The zero-order valence-electron chi connectivity index (χ0n) is 17.6. The molecule has 2 aliphatic rings. The van der Waals surface area contributed by atoms with Crippen molar-refractivity contribution < 1.29 is 14.6 Å². The van der Waals surface area contributed by atoms with E-state index in [1.54, 1.807) is 12.1 Å². The maximum absolute atomic E-state index is 12.7. The Bertz CT molecular complexity index is 643. The smallest absolute Gasteiger partial charge is 0.317 e. The fraction of sp³-hybridized carbons (Fsp3) is 0.682. The van der Waals surface area contributed by atoms with Gasteiger partial charge in [-0.25, -0.2) is 4.79 Å². The van der Waals surface area contributed by atoms with Gasteiger partial charge in [-0.3, -0.25) is 4.90 Å². The Morgan fingerprint density at radius 2 is 1.71 bits per heavy atom. The average Bonchev–Trinajstić information content (AvgIpc) is 2.66. The summed E-state index contributed by atoms with van der Waals surface area (Å²) in [4.78, 5) is 17.0. The molecule has 2 heterocycles. The number of phenols is 1. The fourth-order valence-electron chi connectivity index (χ4n) is 4.35. The number of piperidine rings is 1. The lowest BCUT2D eigenvalue weighted by atomic mass is 9.89. The standard InChI is InChI=1S/C22H35N3O3/c1-16-13-25(14-17(2)28-16)22(3,4)15-23-21(27)24-11-9-19(10-12-24)18-5-7-20(26)8-6-18/h5-8,16-17,19,26H,9-15H2,1-4H3,(H,23,27). The number of likely N-dealkylation sites (tertiary alicyclic amines) is 1. The van der Waals surface area contributed by atoms with Crippen molar-refractivity contribution in [2.24, 2.45) is 0 Å². The van der Waals surface area contributed by atoms with Crippen LogP contribution in [0.3, 0.4) is 0 Å². The van der Waals surface area contributed by atoms with E-state index in [1.807, 2.05) is 17.0 Å². The summed E-state index contributed by atoms with van der Waals surface area (Å²) in [7, 11) is 0. The van der Waals surface area contributed by atoms with Gasteiger partial charge in [-0.05, 0) is 64.2 Å². The maximum atomic E-state index is 12.7. The molecule has 2 N–H and O–H groups in total. The predicted octanol–water partition coefficient (Wildman–Crippen LogP) is 3.17. The van der Waals surface area contributed by atoms with E-state index in [4.69, 9.17) is 4.74 Å². The predicted molar refractivity (Wildman–Crippen MR) is 111 cm³/mol. The Hall–Kier alpha value is -1.79. The minimum Gasteiger partial charge on any atom is -0.508 e. The summed E-state index contributed by atoms with van der Waals surface area (Å²) >= 11 is 0. The number of rotatable bonds is 4. The summed E-state index contributed by atoms with van der Waals surface area (Å²) in [5.41, 5.74) is 1.14. The van der Waals surface area contributed by atoms with Crippen LogP contribution >= 0.6 is 0 Å². The first kappa shape index (κ1) is 20.9. The van der Waals surface area contributed by atoms with Crippen LogP contribution in [0.5, 0.6) is 5.75 Å². The second-order valence-corrected chi connectivity index (χ2v) is 8.99. The first-order valence-corrected chi connectivity index (χ1v) is 10.5. The highest BCUT2D eigenvalue weighted by Crippen LogP contribution is 2.29. The third kappa shape index (κ3) is 5.17. The van der Waals surface area contributed by atoms with Crippen LogP contribution in [0.1, 0.15) is 52.0 Å². The minimum absolute atomic E-state index is 0.0339. The number of hydrogen-bond donors (Lipinski definition) is 2. The first-order valence-electron chi connectivity index (χ1n) is 10.5. The zero-order valence-corrected chi connectivity index (χ0v) is 17.6. The van der Waals surface area contributed by atoms with E-state index in [2.05, 4.69) is 37.9 Å². The summed E-state index contributed by atoms with van der Waals surface area (Å²) in [6.07, 6.45) is 2.36. The molecule has 2 saturated heterocycles. The van der Waals surface area contributed by atoms with Gasteiger partial charge < -0.3 is 20.1 Å². The van der Waals surface area contributed by atoms with E-state index in [1.165, 1.54) is 5.56 Å². The normalized spacial score (nSPS) is 24.9. The molecule has 156 valence electrons. The molecular weight excluding hydrogens is 354 g/mol. The van der Waals surface area contributed by atoms with Gasteiger partial charge >= 0.3 is 6.03 Å². The van der Waals surface area contributed by atoms with Crippen LogP contribution in [0, 0.1) is 0 Å². The zero-order chi connectivity index (χ0) is 20.3. The molecule has 6 heteroatoms. The van der Waals surface area contributed by atoms with Gasteiger partial charge in [0.05, 0.1) is 12.2 Å². The fourth-order valence-corrected chi connectivity index (χ4v) is 4.35. The Morgan fingerprint density at radius 1 is 1.14 bits per heavy atom. The van der Waals surface area contributed by atoms with Crippen LogP contribution in [0.15, 0.2) is 24.3 Å². The second-order valence-electron chi connectivity index (χ2n) is 8.99. The van der Waals surface area contributed by atoms with Crippen molar-refractivity contribution in [2.75, 3.05) is 32.7 Å². The summed E-state index contributed by atoms with van der Waals surface area (Å²) in [6.45, 7) is 12.5. The third-order valence-corrected chi connectivity index (χ3v) is 6.09. The molecule has 0 spiro atoms. The average molecular weight is 390 g/mol. The second kappa shape index (κ2) is 8.70. The third-order valence-electron chi connectivity index (χ3n) is 6.09. The number of carbonyl (C=O) groups excluding carboxylic acids is 1. The number of aromatic hydroxyl groups is 1. The van der Waals surface area contributed by atoms with Gasteiger partial charge in [0.15, 0.2) is 0 Å². The monoisotopic (exact) mass is 389 g/mol. The minimum atomic E-state index is -0.105. The molecule has 0 saturated carbocycles. The number of ether oxygens (including phenoxy) is 1. The first-order chi connectivity index (χ1) is 13.2. The molecule has 0 aromatic heterocycles. The van der Waals surface area contributed by atoms with E-state index < -0.39 is 0 Å². The van der Waals surface area contributed by atoms with Crippen molar-refractivity contribution in [3.63, 3.8) is 0 Å². The number of nitrogens with one attached hydrogen (secondary N) is 1.